The van der Waals surface area contributed by atoms with E-state index in [4.69, 9.17) is 4.74 Å². The van der Waals surface area contributed by atoms with Crippen LogP contribution in [-0.4, -0.2) is 46.1 Å². The number of ketones is 2. The van der Waals surface area contributed by atoms with E-state index in [9.17, 15) is 24.6 Å². The van der Waals surface area contributed by atoms with E-state index in [1.807, 2.05) is 0 Å². The molecule has 1 fully saturated rings. The second-order valence-electron chi connectivity index (χ2n) is 6.89. The van der Waals surface area contributed by atoms with Crippen molar-refractivity contribution in [2.45, 2.75) is 57.8 Å². The van der Waals surface area contributed by atoms with Gasteiger partial charge >= 0.3 is 5.97 Å². The Bertz CT molecular complexity index is 657. The summed E-state index contributed by atoms with van der Waals surface area (Å²) >= 11 is 0. The smallest absolute Gasteiger partial charge is 0.336 e. The average Bonchev–Trinajstić information content (AvgIpc) is 2.76. The third kappa shape index (κ3) is 4.74. The first-order valence-corrected chi connectivity index (χ1v) is 8.34. The topological polar surface area (TPSA) is 101 Å². The summed E-state index contributed by atoms with van der Waals surface area (Å²) in [7, 11) is 0. The summed E-state index contributed by atoms with van der Waals surface area (Å²) in [6, 6.07) is 0. The van der Waals surface area contributed by atoms with Crippen molar-refractivity contribution in [2.24, 2.45) is 5.92 Å². The second kappa shape index (κ2) is 7.89. The van der Waals surface area contributed by atoms with Gasteiger partial charge in [0.25, 0.3) is 0 Å². The van der Waals surface area contributed by atoms with Crippen molar-refractivity contribution < 1.29 is 29.3 Å². The summed E-state index contributed by atoms with van der Waals surface area (Å²) in [4.78, 5) is 36.2. The van der Waals surface area contributed by atoms with Crippen molar-refractivity contribution in [3.05, 3.63) is 35.5 Å². The molecule has 1 saturated heterocycles. The van der Waals surface area contributed by atoms with E-state index >= 15 is 0 Å². The minimum Gasteiger partial charge on any atom is -0.455 e. The van der Waals surface area contributed by atoms with E-state index in [-0.39, 0.29) is 36.5 Å². The van der Waals surface area contributed by atoms with Crippen molar-refractivity contribution in [3.63, 3.8) is 0 Å². The summed E-state index contributed by atoms with van der Waals surface area (Å²) in [5, 5.41) is 20.3. The molecule has 0 radical (unpaired) electrons. The molecule has 6 nitrogen and oxygen atoms in total. The molecule has 1 aliphatic carbocycles. The molecule has 0 unspecified atom stereocenters. The number of allylic oxidation sites excluding steroid dienone is 2. The maximum Gasteiger partial charge on any atom is 0.336 e. The highest BCUT2D eigenvalue weighted by Crippen LogP contribution is 2.29. The molecule has 6 heteroatoms. The largest absolute Gasteiger partial charge is 0.455 e. The third-order valence-electron chi connectivity index (χ3n) is 4.62. The highest BCUT2D eigenvalue weighted by molar-refractivity contribution is 5.97. The van der Waals surface area contributed by atoms with Crippen LogP contribution in [0.25, 0.3) is 0 Å². The molecular weight excluding hydrogens is 324 g/mol. The van der Waals surface area contributed by atoms with Gasteiger partial charge in [0.2, 0.25) is 0 Å². The molecule has 0 aromatic rings. The maximum absolute atomic E-state index is 12.2. The third-order valence-corrected chi connectivity index (χ3v) is 4.62. The van der Waals surface area contributed by atoms with Gasteiger partial charge in [0.1, 0.15) is 24.1 Å². The molecule has 0 spiro atoms. The van der Waals surface area contributed by atoms with Crippen LogP contribution in [0.2, 0.25) is 0 Å². The molecule has 0 amide bonds. The van der Waals surface area contributed by atoms with Gasteiger partial charge in [-0.2, -0.15) is 0 Å². The van der Waals surface area contributed by atoms with Crippen LogP contribution in [0.15, 0.2) is 35.5 Å². The second-order valence-corrected chi connectivity index (χ2v) is 6.89. The Morgan fingerprint density at radius 1 is 1.20 bits per heavy atom. The lowest BCUT2D eigenvalue weighted by Crippen LogP contribution is -2.25. The van der Waals surface area contributed by atoms with Crippen LogP contribution < -0.4 is 0 Å². The number of fused-ring (bicyclic) bond motifs is 2. The number of carbonyl (C=O) groups excluding carboxylic acids is 3. The molecule has 1 heterocycles. The van der Waals surface area contributed by atoms with E-state index in [1.54, 1.807) is 19.9 Å². The number of rotatable bonds is 1. The van der Waals surface area contributed by atoms with Gasteiger partial charge in [0, 0.05) is 19.3 Å². The van der Waals surface area contributed by atoms with Gasteiger partial charge < -0.3 is 14.9 Å². The Morgan fingerprint density at radius 2 is 1.88 bits per heavy atom. The van der Waals surface area contributed by atoms with Gasteiger partial charge in [-0.05, 0) is 32.3 Å². The molecule has 136 valence electrons. The van der Waals surface area contributed by atoms with Crippen LogP contribution in [-0.2, 0) is 19.1 Å². The lowest BCUT2D eigenvalue weighted by atomic mass is 9.88. The zero-order valence-electron chi connectivity index (χ0n) is 14.5. The van der Waals surface area contributed by atoms with Gasteiger partial charge in [0.15, 0.2) is 5.78 Å². The fourth-order valence-corrected chi connectivity index (χ4v) is 3.07. The fraction of sp³-hybridized carbons (Fsp3) is 0.526. The number of esters is 1. The highest BCUT2D eigenvalue weighted by atomic mass is 16.6. The van der Waals surface area contributed by atoms with Crippen molar-refractivity contribution >= 4 is 17.5 Å². The molecule has 2 bridgehead atoms. The first-order valence-electron chi connectivity index (χ1n) is 8.34. The van der Waals surface area contributed by atoms with E-state index in [1.165, 1.54) is 6.08 Å². The molecule has 1 aliphatic heterocycles. The van der Waals surface area contributed by atoms with Gasteiger partial charge in [0.05, 0.1) is 5.57 Å². The minimum absolute atomic E-state index is 0.112. The van der Waals surface area contributed by atoms with E-state index < -0.39 is 30.1 Å². The van der Waals surface area contributed by atoms with Crippen LogP contribution in [0, 0.1) is 5.92 Å². The van der Waals surface area contributed by atoms with Gasteiger partial charge in [-0.1, -0.05) is 23.8 Å². The molecule has 2 aliphatic rings. The van der Waals surface area contributed by atoms with Crippen LogP contribution >= 0.6 is 0 Å². The highest BCUT2D eigenvalue weighted by Gasteiger charge is 2.38. The first-order chi connectivity index (χ1) is 11.7. The fourth-order valence-electron chi connectivity index (χ4n) is 3.07. The normalized spacial score (nSPS) is 33.8. The lowest BCUT2D eigenvalue weighted by molar-refractivity contribution is -0.139. The van der Waals surface area contributed by atoms with E-state index in [2.05, 4.69) is 6.58 Å². The molecular formula is C19H24O6. The van der Waals surface area contributed by atoms with Crippen LogP contribution in [0.4, 0.5) is 0 Å². The Balaban J connectivity index is 2.35. The Hall–Kier alpha value is -2.05. The molecule has 25 heavy (non-hydrogen) atoms. The Morgan fingerprint density at radius 3 is 2.52 bits per heavy atom. The van der Waals surface area contributed by atoms with Crippen molar-refractivity contribution in [3.8, 4) is 0 Å². The van der Waals surface area contributed by atoms with Gasteiger partial charge in [-0.25, -0.2) is 4.79 Å². The predicted molar refractivity (Wildman–Crippen MR) is 90.5 cm³/mol. The minimum atomic E-state index is -1.39. The monoisotopic (exact) mass is 348 g/mol. The summed E-state index contributed by atoms with van der Waals surface area (Å²) < 4.78 is 5.20. The number of ether oxygens (including phenoxy) is 1. The number of aliphatic hydroxyl groups excluding tert-OH is 2. The molecule has 4 atom stereocenters. The van der Waals surface area contributed by atoms with E-state index in [0.29, 0.717) is 12.0 Å². The van der Waals surface area contributed by atoms with Crippen LogP contribution in [0.5, 0.6) is 0 Å². The maximum atomic E-state index is 12.2. The molecule has 0 aromatic heterocycles. The number of carbonyl (C=O) groups is 3. The Labute approximate surface area is 146 Å². The summed E-state index contributed by atoms with van der Waals surface area (Å²) in [5.41, 5.74) is 1.50. The average molecular weight is 348 g/mol. The van der Waals surface area contributed by atoms with Gasteiger partial charge in [-0.3, -0.25) is 9.59 Å². The summed E-state index contributed by atoms with van der Waals surface area (Å²) in [6.07, 6.45) is 0.0140. The quantitative estimate of drug-likeness (QED) is 0.549. The van der Waals surface area contributed by atoms with Crippen molar-refractivity contribution in [1.82, 2.24) is 0 Å². The lowest BCUT2D eigenvalue weighted by Gasteiger charge is -2.17. The molecule has 0 saturated carbocycles. The summed E-state index contributed by atoms with van der Waals surface area (Å²) in [6.45, 7) is 7.29. The van der Waals surface area contributed by atoms with Crippen LogP contribution in [0.1, 0.15) is 39.5 Å². The van der Waals surface area contributed by atoms with Crippen molar-refractivity contribution in [1.29, 1.82) is 0 Å². The first kappa shape index (κ1) is 19.3. The zero-order valence-corrected chi connectivity index (χ0v) is 14.5. The SMILES string of the molecule is C=C(C)[C@H]1CC=C2C(=O)O[C@H](C/C(C)=C/C(=O)[C@@H](O)CC(=O)C1)[C@H]2O. The van der Waals surface area contributed by atoms with E-state index in [0.717, 1.165) is 5.57 Å². The number of hydrogen-bond acceptors (Lipinski definition) is 6. The zero-order chi connectivity index (χ0) is 18.7. The number of aliphatic hydroxyl groups is 2. The van der Waals surface area contributed by atoms with Crippen molar-refractivity contribution in [2.75, 3.05) is 0 Å². The molecule has 2 rings (SSSR count). The summed E-state index contributed by atoms with van der Waals surface area (Å²) in [5.74, 6) is -1.63. The van der Waals surface area contributed by atoms with Crippen LogP contribution in [0.3, 0.4) is 0 Å². The molecule has 2 N–H and O–H groups in total. The predicted octanol–water partition coefficient (Wildman–Crippen LogP) is 1.41. The number of hydrogen-bond donors (Lipinski definition) is 2. The van der Waals surface area contributed by atoms with Gasteiger partial charge in [-0.15, -0.1) is 0 Å². The molecule has 0 aromatic carbocycles. The standard InChI is InChI=1S/C19H24O6/c1-10(2)12-4-5-14-18(23)17(25-19(14)24)7-11(3)6-15(21)16(22)9-13(20)8-12/h5-6,12,16-18,22-23H,1,4,7-9H2,2-3H3/b11-6+,14-5?/t12-,16-,17+,18-/m0/s1. The number of Topliss-reactive ketones (excluding diaryl/α,β-unsaturated/α-hetero) is 1. The Kier molecular flexibility index (Phi) is 6.08.